The smallest absolute Gasteiger partial charge is 0.196 e. The molecule has 0 bridgehead atoms. The fraction of sp³-hybridized carbons (Fsp3) is 0.0588. The van der Waals surface area contributed by atoms with Crippen LogP contribution in [0.5, 0.6) is 5.75 Å². The maximum absolute atomic E-state index is 12.9. The van der Waals surface area contributed by atoms with E-state index in [1.54, 1.807) is 36.4 Å². The molecule has 2 aromatic rings. The Morgan fingerprint density at radius 2 is 1.76 bits per heavy atom. The number of hydrogen-bond donors (Lipinski definition) is 0. The molecule has 0 aliphatic carbocycles. The predicted octanol–water partition coefficient (Wildman–Crippen LogP) is 3.30. The first-order chi connectivity index (χ1) is 10.2. The van der Waals surface area contributed by atoms with Crippen LogP contribution < -0.4 is 4.74 Å². The monoisotopic (exact) mass is 282 g/mol. The largest absolute Gasteiger partial charge is 0.488 e. The van der Waals surface area contributed by atoms with Gasteiger partial charge in [-0.05, 0) is 35.9 Å². The maximum Gasteiger partial charge on any atom is 0.196 e. The molecule has 0 amide bonds. The number of rotatable bonds is 2. The Balaban J connectivity index is 1.95. The summed E-state index contributed by atoms with van der Waals surface area (Å²) in [4.78, 5) is 23.1. The van der Waals surface area contributed by atoms with E-state index in [2.05, 4.69) is 0 Å². The van der Waals surface area contributed by atoms with Gasteiger partial charge in [-0.2, -0.15) is 0 Å². The molecule has 0 unspecified atom stereocenters. The van der Waals surface area contributed by atoms with Crippen molar-refractivity contribution in [3.63, 3.8) is 0 Å². The van der Waals surface area contributed by atoms with Crippen molar-refractivity contribution in [3.05, 3.63) is 70.5 Å². The van der Waals surface area contributed by atoms with Crippen LogP contribution in [-0.4, -0.2) is 18.7 Å². The lowest BCUT2D eigenvalue weighted by molar-refractivity contribution is 0.0999. The van der Waals surface area contributed by atoms with E-state index in [0.717, 1.165) is 5.56 Å². The Morgan fingerprint density at radius 1 is 1.05 bits per heavy atom. The molecule has 1 aliphatic heterocycles. The van der Waals surface area contributed by atoms with Gasteiger partial charge >= 0.3 is 0 Å². The zero-order chi connectivity index (χ0) is 14.8. The van der Waals surface area contributed by atoms with Crippen molar-refractivity contribution in [1.29, 1.82) is 0 Å². The van der Waals surface area contributed by atoms with Gasteiger partial charge in [0.2, 0.25) is 0 Å². The van der Waals surface area contributed by atoms with Gasteiger partial charge in [-0.1, -0.05) is 18.2 Å². The normalized spacial score (nSPS) is 15.5. The van der Waals surface area contributed by atoms with Gasteiger partial charge in [0.1, 0.15) is 24.5 Å². The number of hydrogen-bond acceptors (Lipinski definition) is 3. The Labute approximate surface area is 120 Å². The summed E-state index contributed by atoms with van der Waals surface area (Å²) in [6.45, 7) is 0.130. The van der Waals surface area contributed by atoms with Gasteiger partial charge in [0.05, 0.1) is 5.56 Å². The van der Waals surface area contributed by atoms with Crippen molar-refractivity contribution in [2.24, 2.45) is 0 Å². The summed E-state index contributed by atoms with van der Waals surface area (Å²) < 4.78 is 18.4. The van der Waals surface area contributed by atoms with E-state index in [0.29, 0.717) is 28.7 Å². The Kier molecular flexibility index (Phi) is 3.36. The third-order valence-corrected chi connectivity index (χ3v) is 3.27. The van der Waals surface area contributed by atoms with Crippen LogP contribution >= 0.6 is 0 Å². The quantitative estimate of drug-likeness (QED) is 0.627. The van der Waals surface area contributed by atoms with Gasteiger partial charge in [-0.25, -0.2) is 4.39 Å². The highest BCUT2D eigenvalue weighted by atomic mass is 19.1. The van der Waals surface area contributed by atoms with Crippen LogP contribution in [0, 0.1) is 5.82 Å². The van der Waals surface area contributed by atoms with Crippen LogP contribution in [0.4, 0.5) is 4.39 Å². The van der Waals surface area contributed by atoms with Crippen LogP contribution in [0.2, 0.25) is 0 Å². The van der Waals surface area contributed by atoms with Crippen molar-refractivity contribution in [1.82, 2.24) is 0 Å². The van der Waals surface area contributed by atoms with E-state index in [1.165, 1.54) is 12.1 Å². The highest BCUT2D eigenvalue weighted by Crippen LogP contribution is 2.28. The third kappa shape index (κ3) is 2.60. The van der Waals surface area contributed by atoms with Crippen molar-refractivity contribution in [3.8, 4) is 5.75 Å². The zero-order valence-electron chi connectivity index (χ0n) is 11.0. The molecule has 0 radical (unpaired) electrons. The minimum absolute atomic E-state index is 0.130. The second-order valence-corrected chi connectivity index (χ2v) is 4.71. The van der Waals surface area contributed by atoms with Crippen molar-refractivity contribution < 1.29 is 18.7 Å². The van der Waals surface area contributed by atoms with E-state index < -0.39 is 0 Å². The van der Waals surface area contributed by atoms with Crippen LogP contribution in [0.1, 0.15) is 26.3 Å². The van der Waals surface area contributed by atoms with E-state index in [1.807, 2.05) is 0 Å². The van der Waals surface area contributed by atoms with E-state index in [4.69, 9.17) is 4.74 Å². The average molecular weight is 282 g/mol. The fourth-order valence-electron chi connectivity index (χ4n) is 2.18. The summed E-state index contributed by atoms with van der Waals surface area (Å²) in [6, 6.07) is 10.6. The molecule has 0 spiro atoms. The first-order valence-electron chi connectivity index (χ1n) is 6.40. The minimum atomic E-state index is -0.324. The number of carbonyl (C=O) groups is 2. The highest BCUT2D eigenvalue weighted by molar-refractivity contribution is 6.14. The van der Waals surface area contributed by atoms with Crippen LogP contribution in [-0.2, 0) is 0 Å². The van der Waals surface area contributed by atoms with Crippen molar-refractivity contribution >= 4 is 18.1 Å². The summed E-state index contributed by atoms with van der Waals surface area (Å²) in [7, 11) is 0. The Bertz CT molecular complexity index is 745. The molecular formula is C17H11FO3. The molecule has 0 fully saturated rings. The summed E-state index contributed by atoms with van der Waals surface area (Å²) in [5, 5.41) is 0. The minimum Gasteiger partial charge on any atom is -0.488 e. The summed E-state index contributed by atoms with van der Waals surface area (Å²) in [6.07, 6.45) is 2.39. The van der Waals surface area contributed by atoms with Crippen LogP contribution in [0.25, 0.3) is 6.08 Å². The number of aldehydes is 1. The van der Waals surface area contributed by atoms with Gasteiger partial charge in [0, 0.05) is 11.1 Å². The predicted molar refractivity (Wildman–Crippen MR) is 76.0 cm³/mol. The third-order valence-electron chi connectivity index (χ3n) is 3.27. The van der Waals surface area contributed by atoms with E-state index >= 15 is 0 Å². The second kappa shape index (κ2) is 5.32. The topological polar surface area (TPSA) is 43.4 Å². The van der Waals surface area contributed by atoms with Gasteiger partial charge in [-0.3, -0.25) is 9.59 Å². The number of Topliss-reactive ketones (excluding diaryl/α,β-unsaturated/α-hetero) is 1. The number of ether oxygens (including phenoxy) is 1. The van der Waals surface area contributed by atoms with Gasteiger partial charge in [0.15, 0.2) is 5.78 Å². The van der Waals surface area contributed by atoms with Crippen molar-refractivity contribution in [2.45, 2.75) is 0 Å². The van der Waals surface area contributed by atoms with Crippen molar-refractivity contribution in [2.75, 3.05) is 6.61 Å². The maximum atomic E-state index is 12.9. The number of benzene rings is 2. The SMILES string of the molecule is O=Cc1ccc2c(c1)OC/C(=C\c1ccc(F)cc1)C2=O. The van der Waals surface area contributed by atoms with Gasteiger partial charge in [-0.15, -0.1) is 0 Å². The number of halogens is 1. The molecular weight excluding hydrogens is 271 g/mol. The molecule has 1 aliphatic rings. The average Bonchev–Trinajstić information content (AvgIpc) is 2.52. The molecule has 0 saturated carbocycles. The highest BCUT2D eigenvalue weighted by Gasteiger charge is 2.23. The lowest BCUT2D eigenvalue weighted by Gasteiger charge is -2.19. The summed E-state index contributed by atoms with van der Waals surface area (Å²) >= 11 is 0. The zero-order valence-corrected chi connectivity index (χ0v) is 11.0. The molecule has 3 rings (SSSR count). The Morgan fingerprint density at radius 3 is 2.48 bits per heavy atom. The summed E-state index contributed by atoms with van der Waals surface area (Å²) in [5.74, 6) is -0.0472. The standard InChI is InChI=1S/C17H11FO3/c18-14-4-1-11(2-5-14)7-13-10-21-16-8-12(9-19)3-6-15(16)17(13)20/h1-9H,10H2/b13-7+. The molecule has 2 aromatic carbocycles. The van der Waals surface area contributed by atoms with Crippen LogP contribution in [0.3, 0.4) is 0 Å². The molecule has 3 nitrogen and oxygen atoms in total. The molecule has 1 heterocycles. The summed E-state index contributed by atoms with van der Waals surface area (Å²) in [5.41, 5.74) is 2.12. The molecule has 4 heteroatoms. The van der Waals surface area contributed by atoms with Gasteiger partial charge < -0.3 is 4.74 Å². The molecule has 0 saturated heterocycles. The molecule has 104 valence electrons. The van der Waals surface area contributed by atoms with Crippen LogP contribution in [0.15, 0.2) is 48.0 Å². The lowest BCUT2D eigenvalue weighted by atomic mass is 9.97. The van der Waals surface area contributed by atoms with Gasteiger partial charge in [0.25, 0.3) is 0 Å². The second-order valence-electron chi connectivity index (χ2n) is 4.71. The number of fused-ring (bicyclic) bond motifs is 1. The molecule has 21 heavy (non-hydrogen) atoms. The molecule has 0 atom stereocenters. The Hall–Kier alpha value is -2.75. The van der Waals surface area contributed by atoms with E-state index in [9.17, 15) is 14.0 Å². The van der Waals surface area contributed by atoms with E-state index in [-0.39, 0.29) is 18.2 Å². The first kappa shape index (κ1) is 13.2. The molecule has 0 N–H and O–H groups in total. The number of carbonyl (C=O) groups excluding carboxylic acids is 2. The number of ketones is 1. The fourth-order valence-corrected chi connectivity index (χ4v) is 2.18. The molecule has 0 aromatic heterocycles. The lowest BCUT2D eigenvalue weighted by Crippen LogP contribution is -2.19. The first-order valence-corrected chi connectivity index (χ1v) is 6.40.